The summed E-state index contributed by atoms with van der Waals surface area (Å²) in [5.41, 5.74) is -4.02. The molecule has 1 atom stereocenters. The Bertz CT molecular complexity index is 938. The number of hydrogen-bond acceptors (Lipinski definition) is 4. The summed E-state index contributed by atoms with van der Waals surface area (Å²) in [5, 5.41) is 13.2. The number of rotatable bonds is 5. The first-order valence-electron chi connectivity index (χ1n) is 8.48. The van der Waals surface area contributed by atoms with Gasteiger partial charge >= 0.3 is 18.2 Å². The highest BCUT2D eigenvalue weighted by Gasteiger charge is 2.62. The summed E-state index contributed by atoms with van der Waals surface area (Å²) in [5.74, 6) is -1.84. The second-order valence-electron chi connectivity index (χ2n) is 6.09. The van der Waals surface area contributed by atoms with E-state index >= 15 is 0 Å². The van der Waals surface area contributed by atoms with Crippen LogP contribution >= 0.6 is 23.2 Å². The minimum absolute atomic E-state index is 0.199. The van der Waals surface area contributed by atoms with Crippen molar-refractivity contribution in [1.82, 2.24) is 0 Å². The van der Waals surface area contributed by atoms with Gasteiger partial charge in [0.15, 0.2) is 0 Å². The van der Waals surface area contributed by atoms with Gasteiger partial charge in [-0.3, -0.25) is 4.90 Å². The zero-order chi connectivity index (χ0) is 22.7. The van der Waals surface area contributed by atoms with Gasteiger partial charge in [0.05, 0.1) is 16.7 Å². The molecule has 11 heteroatoms. The minimum atomic E-state index is -5.31. The van der Waals surface area contributed by atoms with Crippen molar-refractivity contribution in [2.24, 2.45) is 0 Å². The number of carbonyl (C=O) groups excluding carboxylic acids is 2. The molecule has 0 saturated carbocycles. The lowest BCUT2D eigenvalue weighted by Crippen LogP contribution is -2.50. The monoisotopic (exact) mass is 464 g/mol. The van der Waals surface area contributed by atoms with Gasteiger partial charge in [-0.2, -0.15) is 13.2 Å². The second-order valence-corrected chi connectivity index (χ2v) is 6.91. The van der Waals surface area contributed by atoms with E-state index in [2.05, 4.69) is 10.1 Å². The number of nitrogens with zero attached hydrogens (tertiary/aromatic N) is 1. The summed E-state index contributed by atoms with van der Waals surface area (Å²) in [6.45, 7) is 0.978. The fraction of sp³-hybridized carbons (Fsp3) is 0.263. The molecule has 2 N–H and O–H groups in total. The van der Waals surface area contributed by atoms with Crippen molar-refractivity contribution in [3.63, 3.8) is 0 Å². The van der Waals surface area contributed by atoms with Crippen LogP contribution in [0.3, 0.4) is 0 Å². The van der Waals surface area contributed by atoms with E-state index in [1.54, 1.807) is 0 Å². The summed E-state index contributed by atoms with van der Waals surface area (Å²) in [7, 11) is 1.38. The maximum Gasteiger partial charge on any atom is 0.432 e. The van der Waals surface area contributed by atoms with Crippen LogP contribution in [-0.2, 0) is 15.1 Å². The first-order valence-corrected chi connectivity index (χ1v) is 9.24. The lowest BCUT2D eigenvalue weighted by Gasteiger charge is -2.29. The normalized spacial score (nSPS) is 13.3. The molecule has 2 amide bonds. The third-order valence-corrected chi connectivity index (χ3v) is 4.87. The number of amides is 2. The highest BCUT2D eigenvalue weighted by molar-refractivity contribution is 6.42. The van der Waals surface area contributed by atoms with E-state index < -0.39 is 29.3 Å². The highest BCUT2D eigenvalue weighted by Crippen LogP contribution is 2.40. The predicted octanol–water partition coefficient (Wildman–Crippen LogP) is 4.97. The molecule has 0 aliphatic rings. The summed E-state index contributed by atoms with van der Waals surface area (Å²) < 4.78 is 44.6. The van der Waals surface area contributed by atoms with Gasteiger partial charge in [-0.05, 0) is 37.3 Å². The maximum atomic E-state index is 13.4. The number of aliphatic hydroxyl groups is 1. The number of alkyl halides is 3. The number of esters is 1. The Balaban J connectivity index is 2.25. The third-order valence-electron chi connectivity index (χ3n) is 4.13. The Hall–Kier alpha value is -2.49. The van der Waals surface area contributed by atoms with Crippen molar-refractivity contribution in [2.45, 2.75) is 18.7 Å². The molecule has 0 fully saturated rings. The molecule has 0 bridgehead atoms. The van der Waals surface area contributed by atoms with Gasteiger partial charge in [-0.1, -0.05) is 35.3 Å². The van der Waals surface area contributed by atoms with Gasteiger partial charge in [0.25, 0.3) is 5.60 Å². The molecule has 2 rings (SSSR count). The van der Waals surface area contributed by atoms with Crippen LogP contribution in [0.4, 0.5) is 29.3 Å². The molecule has 0 heterocycles. The van der Waals surface area contributed by atoms with E-state index in [1.807, 2.05) is 0 Å². The Morgan fingerprint density at radius 2 is 1.70 bits per heavy atom. The number of urea groups is 1. The van der Waals surface area contributed by atoms with Crippen LogP contribution < -0.4 is 10.2 Å². The van der Waals surface area contributed by atoms with Crippen LogP contribution in [0, 0.1) is 0 Å². The molecule has 162 valence electrons. The van der Waals surface area contributed by atoms with Crippen molar-refractivity contribution in [1.29, 1.82) is 0 Å². The molecule has 6 nitrogen and oxygen atoms in total. The maximum absolute atomic E-state index is 13.4. The standard InChI is InChI=1S/C19H17Cl2F3N2O4/c1-3-30-16(27)18(29,19(22,23)24)11-4-7-13(8-5-11)26(2)17(28)25-12-6-9-14(20)15(21)10-12/h4-10,29H,3H2,1-2H3,(H,25,28)/t18-/m0/s1. The smallest absolute Gasteiger partial charge is 0.432 e. The second kappa shape index (κ2) is 9.11. The molecule has 0 saturated heterocycles. The minimum Gasteiger partial charge on any atom is -0.463 e. The molecule has 2 aromatic carbocycles. The molecule has 0 aromatic heterocycles. The van der Waals surface area contributed by atoms with Crippen molar-refractivity contribution >= 4 is 46.6 Å². The summed E-state index contributed by atoms with van der Waals surface area (Å²) in [6.07, 6.45) is -5.31. The zero-order valence-electron chi connectivity index (χ0n) is 15.8. The number of anilines is 2. The highest BCUT2D eigenvalue weighted by atomic mass is 35.5. The molecular weight excluding hydrogens is 448 g/mol. The summed E-state index contributed by atoms with van der Waals surface area (Å²) in [4.78, 5) is 25.3. The number of nitrogens with one attached hydrogen (secondary N) is 1. The van der Waals surface area contributed by atoms with Gasteiger partial charge in [0.1, 0.15) is 0 Å². The van der Waals surface area contributed by atoms with Crippen LogP contribution in [0.2, 0.25) is 10.0 Å². The van der Waals surface area contributed by atoms with Crippen LogP contribution in [0.1, 0.15) is 12.5 Å². The van der Waals surface area contributed by atoms with Gasteiger partial charge < -0.3 is 15.2 Å². The number of halogens is 5. The third kappa shape index (κ3) is 4.80. The van der Waals surface area contributed by atoms with Gasteiger partial charge in [0, 0.05) is 24.0 Å². The summed E-state index contributed by atoms with van der Waals surface area (Å²) >= 11 is 11.7. The number of benzene rings is 2. The van der Waals surface area contributed by atoms with E-state index in [1.165, 1.54) is 32.2 Å². The average molecular weight is 465 g/mol. The van der Waals surface area contributed by atoms with Crippen molar-refractivity contribution in [2.75, 3.05) is 23.9 Å². The quantitative estimate of drug-likeness (QED) is 0.611. The molecule has 30 heavy (non-hydrogen) atoms. The molecule has 0 spiro atoms. The van der Waals surface area contributed by atoms with Crippen molar-refractivity contribution in [3.8, 4) is 0 Å². The van der Waals surface area contributed by atoms with E-state index in [0.717, 1.165) is 29.2 Å². The lowest BCUT2D eigenvalue weighted by molar-refractivity contribution is -0.267. The molecular formula is C19H17Cl2F3N2O4. The lowest BCUT2D eigenvalue weighted by atomic mass is 9.93. The molecule has 0 radical (unpaired) electrons. The Kier molecular flexibility index (Phi) is 7.23. The zero-order valence-corrected chi connectivity index (χ0v) is 17.3. The Labute approximate surface area is 180 Å². The van der Waals surface area contributed by atoms with Gasteiger partial charge in [-0.15, -0.1) is 0 Å². The summed E-state index contributed by atoms with van der Waals surface area (Å²) in [6, 6.07) is 7.91. The van der Waals surface area contributed by atoms with Crippen LogP contribution in [0.15, 0.2) is 42.5 Å². The average Bonchev–Trinajstić information content (AvgIpc) is 2.69. The predicted molar refractivity (Wildman–Crippen MR) is 107 cm³/mol. The van der Waals surface area contributed by atoms with Crippen LogP contribution in [-0.4, -0.2) is 36.9 Å². The van der Waals surface area contributed by atoms with E-state index in [-0.39, 0.29) is 17.3 Å². The SMILES string of the molecule is CCOC(=O)[C@@](O)(c1ccc(N(C)C(=O)Nc2ccc(Cl)c(Cl)c2)cc1)C(F)(F)F. The molecule has 0 unspecified atom stereocenters. The first-order chi connectivity index (χ1) is 13.9. The van der Waals surface area contributed by atoms with Crippen molar-refractivity contribution < 1.29 is 32.6 Å². The van der Waals surface area contributed by atoms with E-state index in [0.29, 0.717) is 10.7 Å². The topological polar surface area (TPSA) is 78.9 Å². The molecule has 0 aliphatic carbocycles. The fourth-order valence-corrected chi connectivity index (χ4v) is 2.76. The largest absolute Gasteiger partial charge is 0.463 e. The number of hydrogen-bond donors (Lipinski definition) is 2. The Morgan fingerprint density at radius 1 is 1.10 bits per heavy atom. The van der Waals surface area contributed by atoms with Gasteiger partial charge in [-0.25, -0.2) is 9.59 Å². The molecule has 0 aliphatic heterocycles. The molecule has 2 aromatic rings. The van der Waals surface area contributed by atoms with Crippen molar-refractivity contribution in [3.05, 3.63) is 58.1 Å². The Morgan fingerprint density at radius 3 is 2.20 bits per heavy atom. The fourth-order valence-electron chi connectivity index (χ4n) is 2.46. The van der Waals surface area contributed by atoms with Gasteiger partial charge in [0.2, 0.25) is 0 Å². The number of carbonyl (C=O) groups is 2. The van der Waals surface area contributed by atoms with Crippen LogP contribution in [0.5, 0.6) is 0 Å². The number of ether oxygens (including phenoxy) is 1. The van der Waals surface area contributed by atoms with Crippen LogP contribution in [0.25, 0.3) is 0 Å². The van der Waals surface area contributed by atoms with E-state index in [4.69, 9.17) is 23.2 Å². The van der Waals surface area contributed by atoms with E-state index in [9.17, 15) is 27.9 Å². The first kappa shape index (κ1) is 23.8.